The third-order valence-corrected chi connectivity index (χ3v) is 5.40. The number of aliphatic hydroxyl groups excluding tert-OH is 1. The number of imide groups is 1. The van der Waals surface area contributed by atoms with E-state index in [0.717, 1.165) is 4.90 Å². The Hall–Kier alpha value is -3.75. The molecule has 0 saturated carbocycles. The molecule has 3 atom stereocenters. The zero-order chi connectivity index (χ0) is 28.0. The van der Waals surface area contributed by atoms with Gasteiger partial charge in [0.25, 0.3) is 11.8 Å². The van der Waals surface area contributed by atoms with Crippen LogP contribution in [0.1, 0.15) is 45.4 Å². The summed E-state index contributed by atoms with van der Waals surface area (Å²) in [7, 11) is 1.30. The van der Waals surface area contributed by atoms with Crippen molar-refractivity contribution in [3.8, 4) is 0 Å². The van der Waals surface area contributed by atoms with Gasteiger partial charge in [0.1, 0.15) is 17.8 Å². The standard InChI is InChI=1S/C22H36BN7O7/c1-13(31)19(29-16(33)7-3-2-4-11-30-17(34)8-9-18(30)35)21(37)28-14(6-5-10-26-22(24)25)20(36)27-12-15(23)32/h8-9,13-14,19,31H,2-7,10-12,23H2,1H3,(H,27,36)(H,28,37)(H,29,33)(H4,24,25,26)/t13-,14+,19+/m1/s1. The summed E-state index contributed by atoms with van der Waals surface area (Å²) in [5.41, 5.74) is 4.95. The number of aliphatic hydroxyl groups is 1. The molecule has 1 aliphatic heterocycles. The van der Waals surface area contributed by atoms with Gasteiger partial charge in [-0.3, -0.25) is 34.3 Å². The van der Waals surface area contributed by atoms with Crippen LogP contribution in [0.4, 0.5) is 0 Å². The number of hydrogen-bond donors (Lipinski definition) is 7. The molecule has 0 unspecified atom stereocenters. The Balaban J connectivity index is 2.58. The van der Waals surface area contributed by atoms with Crippen molar-refractivity contribution in [1.29, 1.82) is 5.41 Å². The van der Waals surface area contributed by atoms with Gasteiger partial charge >= 0.3 is 0 Å². The van der Waals surface area contributed by atoms with Gasteiger partial charge in [-0.1, -0.05) is 6.42 Å². The Kier molecular flexibility index (Phi) is 13.6. The van der Waals surface area contributed by atoms with Gasteiger partial charge in [-0.05, 0) is 32.6 Å². The minimum Gasteiger partial charge on any atom is -0.391 e. The van der Waals surface area contributed by atoms with Crippen molar-refractivity contribution in [1.82, 2.24) is 26.2 Å². The third kappa shape index (κ3) is 12.2. The molecule has 204 valence electrons. The summed E-state index contributed by atoms with van der Waals surface area (Å²) in [5, 5.41) is 27.2. The van der Waals surface area contributed by atoms with Crippen LogP contribution in [0, 0.1) is 5.41 Å². The van der Waals surface area contributed by atoms with Gasteiger partial charge < -0.3 is 36.9 Å². The normalized spacial score (nSPS) is 15.0. The smallest absolute Gasteiger partial charge is 0.253 e. The molecule has 0 spiro atoms. The number of nitrogens with two attached hydrogens (primary N) is 1. The summed E-state index contributed by atoms with van der Waals surface area (Å²) in [6.45, 7) is 1.63. The quantitative estimate of drug-likeness (QED) is 0.0329. The van der Waals surface area contributed by atoms with Crippen molar-refractivity contribution < 1.29 is 33.9 Å². The van der Waals surface area contributed by atoms with E-state index in [-0.39, 0.29) is 55.9 Å². The predicted octanol–water partition coefficient (Wildman–Crippen LogP) is -3.64. The van der Waals surface area contributed by atoms with Crippen molar-refractivity contribution in [3.05, 3.63) is 12.2 Å². The van der Waals surface area contributed by atoms with Crippen LogP contribution in [-0.4, -0.2) is 96.9 Å². The first kappa shape index (κ1) is 31.3. The fourth-order valence-electron chi connectivity index (χ4n) is 3.43. The first-order valence-electron chi connectivity index (χ1n) is 12.1. The van der Waals surface area contributed by atoms with E-state index in [1.165, 1.54) is 26.9 Å². The highest BCUT2D eigenvalue weighted by molar-refractivity contribution is 6.58. The topological polar surface area (TPSA) is 224 Å². The SMILES string of the molecule is BC(=O)CNC(=O)[C@H](CCCNC(=N)N)NC(=O)[C@@H](NC(=O)CCCCCN1C(=O)C=CC1=O)[C@@H](C)O. The molecule has 0 aromatic heterocycles. The Morgan fingerprint density at radius 2 is 1.68 bits per heavy atom. The largest absolute Gasteiger partial charge is 0.391 e. The Labute approximate surface area is 216 Å². The summed E-state index contributed by atoms with van der Waals surface area (Å²) in [5.74, 6) is -2.83. The number of carbonyl (C=O) groups excluding carboxylic acids is 6. The fourth-order valence-corrected chi connectivity index (χ4v) is 3.43. The van der Waals surface area contributed by atoms with E-state index in [1.54, 1.807) is 0 Å². The van der Waals surface area contributed by atoms with E-state index in [9.17, 15) is 33.9 Å². The fraction of sp³-hybridized carbons (Fsp3) is 0.591. The van der Waals surface area contributed by atoms with E-state index in [1.807, 2.05) is 0 Å². The second-order valence-electron chi connectivity index (χ2n) is 8.72. The molecule has 0 aromatic rings. The lowest BCUT2D eigenvalue weighted by Gasteiger charge is -2.25. The minimum absolute atomic E-state index is 0.0515. The van der Waals surface area contributed by atoms with Crippen LogP contribution in [0.15, 0.2) is 12.2 Å². The minimum atomic E-state index is -1.32. The lowest BCUT2D eigenvalue weighted by atomic mass is 10.0. The summed E-state index contributed by atoms with van der Waals surface area (Å²) in [6, 6.07) is -2.37. The molecule has 5 amide bonds. The summed E-state index contributed by atoms with van der Waals surface area (Å²) in [4.78, 5) is 73.1. The maximum absolute atomic E-state index is 12.8. The number of unbranched alkanes of at least 4 members (excludes halogenated alkanes) is 2. The van der Waals surface area contributed by atoms with Crippen LogP contribution in [0.2, 0.25) is 0 Å². The summed E-state index contributed by atoms with van der Waals surface area (Å²) in [6.07, 6.45) is 3.21. The van der Waals surface area contributed by atoms with Crippen molar-refractivity contribution in [2.75, 3.05) is 19.6 Å². The first-order chi connectivity index (χ1) is 17.4. The van der Waals surface area contributed by atoms with Crippen molar-refractivity contribution in [2.45, 2.75) is 63.6 Å². The van der Waals surface area contributed by atoms with Gasteiger partial charge in [-0.2, -0.15) is 0 Å². The number of amides is 5. The molecule has 0 radical (unpaired) electrons. The molecule has 14 nitrogen and oxygen atoms in total. The van der Waals surface area contributed by atoms with Crippen molar-refractivity contribution in [3.63, 3.8) is 0 Å². The zero-order valence-corrected chi connectivity index (χ0v) is 21.2. The molecule has 0 bridgehead atoms. The van der Waals surface area contributed by atoms with E-state index < -0.39 is 35.9 Å². The molecule has 0 aromatic carbocycles. The van der Waals surface area contributed by atoms with Gasteiger partial charge in [0.2, 0.25) is 17.7 Å². The lowest BCUT2D eigenvalue weighted by molar-refractivity contribution is -0.137. The highest BCUT2D eigenvalue weighted by Gasteiger charge is 2.29. The molecule has 0 aliphatic carbocycles. The molecule has 1 rings (SSSR count). The van der Waals surface area contributed by atoms with E-state index in [2.05, 4.69) is 21.3 Å². The van der Waals surface area contributed by atoms with Gasteiger partial charge in [-0.25, -0.2) is 0 Å². The molecular formula is C22H36BN7O7. The van der Waals surface area contributed by atoms with E-state index >= 15 is 0 Å². The molecule has 1 aliphatic rings. The number of hydrogen-bond acceptors (Lipinski definition) is 8. The zero-order valence-electron chi connectivity index (χ0n) is 21.2. The van der Waals surface area contributed by atoms with E-state index in [0.29, 0.717) is 25.7 Å². The van der Waals surface area contributed by atoms with Crippen LogP contribution in [0.5, 0.6) is 0 Å². The molecule has 37 heavy (non-hydrogen) atoms. The molecule has 0 fully saturated rings. The average molecular weight is 521 g/mol. The summed E-state index contributed by atoms with van der Waals surface area (Å²) < 4.78 is 0. The average Bonchev–Trinajstić information content (AvgIpc) is 3.14. The Bertz CT molecular complexity index is 892. The number of nitrogens with one attached hydrogen (secondary N) is 5. The van der Waals surface area contributed by atoms with Crippen molar-refractivity contribution in [2.24, 2.45) is 5.73 Å². The number of guanidine groups is 1. The third-order valence-electron chi connectivity index (χ3n) is 5.40. The number of carbonyl (C=O) groups is 6. The van der Waals surface area contributed by atoms with Crippen LogP contribution in [0.3, 0.4) is 0 Å². The van der Waals surface area contributed by atoms with Crippen LogP contribution < -0.4 is 27.0 Å². The number of rotatable bonds is 17. The van der Waals surface area contributed by atoms with Crippen molar-refractivity contribution >= 4 is 49.0 Å². The highest BCUT2D eigenvalue weighted by atomic mass is 16.3. The van der Waals surface area contributed by atoms with Gasteiger partial charge in [0.15, 0.2) is 13.8 Å². The second kappa shape index (κ2) is 16.1. The molecular weight excluding hydrogens is 485 g/mol. The molecule has 0 saturated heterocycles. The van der Waals surface area contributed by atoms with Gasteiger partial charge in [0, 0.05) is 31.7 Å². The number of nitrogens with zero attached hydrogens (tertiary/aromatic N) is 1. The maximum atomic E-state index is 12.8. The maximum Gasteiger partial charge on any atom is 0.253 e. The lowest BCUT2D eigenvalue weighted by Crippen LogP contribution is -2.57. The summed E-state index contributed by atoms with van der Waals surface area (Å²) >= 11 is 0. The van der Waals surface area contributed by atoms with Gasteiger partial charge in [-0.15, -0.1) is 0 Å². The van der Waals surface area contributed by atoms with Crippen LogP contribution in [0.25, 0.3) is 0 Å². The second-order valence-corrected chi connectivity index (χ2v) is 8.72. The molecule has 8 N–H and O–H groups in total. The molecule has 1 heterocycles. The van der Waals surface area contributed by atoms with Gasteiger partial charge in [0.05, 0.1) is 12.6 Å². The molecule has 15 heteroatoms. The monoisotopic (exact) mass is 521 g/mol. The van der Waals surface area contributed by atoms with Crippen LogP contribution in [-0.2, 0) is 28.8 Å². The highest BCUT2D eigenvalue weighted by Crippen LogP contribution is 2.08. The van der Waals surface area contributed by atoms with Crippen LogP contribution >= 0.6 is 0 Å². The first-order valence-corrected chi connectivity index (χ1v) is 12.1. The Morgan fingerprint density at radius 1 is 1.03 bits per heavy atom. The Morgan fingerprint density at radius 3 is 2.24 bits per heavy atom. The van der Waals surface area contributed by atoms with E-state index in [4.69, 9.17) is 11.1 Å². The predicted molar refractivity (Wildman–Crippen MR) is 136 cm³/mol.